The molecule has 3 aromatic heterocycles. The Morgan fingerprint density at radius 2 is 1.38 bits per heavy atom. The molecule has 0 unspecified atom stereocenters. The average molecular weight is 598 g/mol. The van der Waals surface area contributed by atoms with E-state index in [0.717, 1.165) is 67.5 Å². The molecule has 0 atom stereocenters. The predicted octanol–water partition coefficient (Wildman–Crippen LogP) is 11.4. The van der Waals surface area contributed by atoms with Crippen molar-refractivity contribution in [2.45, 2.75) is 12.8 Å². The van der Waals surface area contributed by atoms with Crippen molar-refractivity contribution >= 4 is 66.9 Å². The fourth-order valence-corrected chi connectivity index (χ4v) is 7.53. The van der Waals surface area contributed by atoms with Gasteiger partial charge in [-0.2, -0.15) is 0 Å². The molecule has 0 bridgehead atoms. The van der Waals surface area contributed by atoms with Crippen molar-refractivity contribution < 1.29 is 4.42 Å². The van der Waals surface area contributed by atoms with Crippen LogP contribution in [0, 0.1) is 0 Å². The van der Waals surface area contributed by atoms with E-state index < -0.39 is 0 Å². The molecule has 0 saturated carbocycles. The topological polar surface area (TPSA) is 42.2 Å². The summed E-state index contributed by atoms with van der Waals surface area (Å²) in [5.41, 5.74) is 10.6. The normalized spacial score (nSPS) is 12.6. The van der Waals surface area contributed by atoms with Gasteiger partial charge in [0.2, 0.25) is 5.95 Å². The van der Waals surface area contributed by atoms with Gasteiger partial charge in [-0.05, 0) is 59.9 Å². The van der Waals surface area contributed by atoms with Crippen LogP contribution in [0.3, 0.4) is 0 Å². The molecule has 5 aromatic carbocycles. The average Bonchev–Trinajstić information content (AvgIpc) is 3.68. The maximum Gasteiger partial charge on any atom is 0.235 e. The van der Waals surface area contributed by atoms with Crippen molar-refractivity contribution in [3.05, 3.63) is 144 Å². The van der Waals surface area contributed by atoms with Crippen LogP contribution in [0.15, 0.2) is 138 Å². The molecule has 3 heterocycles. The lowest BCUT2D eigenvalue weighted by atomic mass is 10.0. The maximum absolute atomic E-state index is 6.35. The first-order valence-electron chi connectivity index (χ1n) is 15.2. The second-order valence-corrected chi connectivity index (χ2v) is 12.5. The summed E-state index contributed by atoms with van der Waals surface area (Å²) in [6.45, 7) is 0. The molecule has 4 nitrogen and oxygen atoms in total. The predicted molar refractivity (Wildman–Crippen MR) is 188 cm³/mol. The smallest absolute Gasteiger partial charge is 0.235 e. The molecule has 0 amide bonds. The minimum atomic E-state index is 0.654. The monoisotopic (exact) mass is 597 g/mol. The molecule has 45 heavy (non-hydrogen) atoms. The first kappa shape index (κ1) is 25.9. The Kier molecular flexibility index (Phi) is 6.10. The second kappa shape index (κ2) is 10.6. The van der Waals surface area contributed by atoms with E-state index in [4.69, 9.17) is 14.4 Å². The number of hydrogen-bond acceptors (Lipinski definition) is 5. The molecule has 1 aliphatic rings. The van der Waals surface area contributed by atoms with Crippen LogP contribution >= 0.6 is 11.3 Å². The Labute approximate surface area is 264 Å². The van der Waals surface area contributed by atoms with Gasteiger partial charge in [0, 0.05) is 38.2 Å². The number of aromatic nitrogens is 2. The molecule has 1 aliphatic carbocycles. The van der Waals surface area contributed by atoms with Crippen LogP contribution in [-0.2, 0) is 6.42 Å². The Bertz CT molecular complexity index is 2370. The van der Waals surface area contributed by atoms with E-state index in [9.17, 15) is 0 Å². The zero-order chi connectivity index (χ0) is 29.7. The number of rotatable bonds is 5. The largest absolute Gasteiger partial charge is 0.455 e. The molecule has 9 rings (SSSR count). The molecule has 5 heteroatoms. The number of nitrogens with zero attached hydrogens (tertiary/aromatic N) is 3. The second-order valence-electron chi connectivity index (χ2n) is 11.3. The Morgan fingerprint density at radius 3 is 2.20 bits per heavy atom. The zero-order valence-corrected chi connectivity index (χ0v) is 25.2. The number of anilines is 3. The molecule has 0 spiro atoms. The summed E-state index contributed by atoms with van der Waals surface area (Å²) in [6.07, 6.45) is 8.59. The van der Waals surface area contributed by atoms with E-state index in [-0.39, 0.29) is 0 Å². The summed E-state index contributed by atoms with van der Waals surface area (Å²) in [5.74, 6) is 0.654. The molecule has 0 radical (unpaired) electrons. The lowest BCUT2D eigenvalue weighted by molar-refractivity contribution is 0.670. The third-order valence-electron chi connectivity index (χ3n) is 8.63. The van der Waals surface area contributed by atoms with Gasteiger partial charge in [0.05, 0.1) is 16.4 Å². The van der Waals surface area contributed by atoms with E-state index in [2.05, 4.69) is 120 Å². The summed E-state index contributed by atoms with van der Waals surface area (Å²) in [5, 5.41) is 2.26. The first-order valence-corrected chi connectivity index (χ1v) is 16.0. The Hall–Kier alpha value is -5.52. The molecule has 0 saturated heterocycles. The van der Waals surface area contributed by atoms with Crippen LogP contribution in [0.25, 0.3) is 60.5 Å². The SMILES string of the molecule is C1=Cc2c(sc3cnc(N(c4ccc(-c5ccccc5)cc4)c4ccc(-c5cccc6c5oc5ccccc56)cc4)nc23)CC1. The molecule has 8 aromatic rings. The van der Waals surface area contributed by atoms with Crippen molar-refractivity contribution in [3.8, 4) is 22.3 Å². The van der Waals surface area contributed by atoms with Gasteiger partial charge in [0.25, 0.3) is 0 Å². The van der Waals surface area contributed by atoms with Crippen molar-refractivity contribution in [2.24, 2.45) is 0 Å². The highest BCUT2D eigenvalue weighted by atomic mass is 32.1. The Morgan fingerprint density at radius 1 is 0.667 bits per heavy atom. The molecular weight excluding hydrogens is 571 g/mol. The number of aryl methyl sites for hydroxylation is 1. The van der Waals surface area contributed by atoms with Crippen molar-refractivity contribution in [1.82, 2.24) is 9.97 Å². The molecule has 0 aliphatic heterocycles. The third kappa shape index (κ3) is 4.43. The lowest BCUT2D eigenvalue weighted by Gasteiger charge is -2.24. The quantitative estimate of drug-likeness (QED) is 0.198. The summed E-state index contributed by atoms with van der Waals surface area (Å²) >= 11 is 1.81. The van der Waals surface area contributed by atoms with Crippen molar-refractivity contribution in [3.63, 3.8) is 0 Å². The van der Waals surface area contributed by atoms with Gasteiger partial charge in [-0.1, -0.05) is 103 Å². The number of allylic oxidation sites excluding steroid dienone is 1. The first-order chi connectivity index (χ1) is 22.3. The zero-order valence-electron chi connectivity index (χ0n) is 24.4. The fraction of sp³-hybridized carbons (Fsp3) is 0.0500. The van der Waals surface area contributed by atoms with Gasteiger partial charge >= 0.3 is 0 Å². The highest BCUT2D eigenvalue weighted by Gasteiger charge is 2.20. The number of benzene rings is 5. The van der Waals surface area contributed by atoms with Crippen LogP contribution in [0.4, 0.5) is 17.3 Å². The Balaban J connectivity index is 1.16. The summed E-state index contributed by atoms with van der Waals surface area (Å²) in [4.78, 5) is 13.6. The summed E-state index contributed by atoms with van der Waals surface area (Å²) in [7, 11) is 0. The number of para-hydroxylation sites is 2. The van der Waals surface area contributed by atoms with E-state index in [1.807, 2.05) is 35.7 Å². The molecule has 0 N–H and O–H groups in total. The molecular formula is C40H27N3OS. The number of furan rings is 1. The number of fused-ring (bicyclic) bond motifs is 6. The van der Waals surface area contributed by atoms with Crippen LogP contribution in [0.2, 0.25) is 0 Å². The standard InChI is InChI=1S/C40H27N3OS/c1-2-9-26(10-3-1)27-17-21-29(22-18-27)43(40-41-25-37-38(42-40)34-12-5-7-16-36(34)45-37)30-23-19-28(20-24-30)31-13-8-14-33-32-11-4-6-15-35(32)44-39(31)33/h1-6,8-15,17-25H,7,16H2. The minimum absolute atomic E-state index is 0.654. The van der Waals surface area contributed by atoms with Gasteiger partial charge in [-0.25, -0.2) is 9.97 Å². The van der Waals surface area contributed by atoms with E-state index in [0.29, 0.717) is 5.95 Å². The maximum atomic E-state index is 6.35. The minimum Gasteiger partial charge on any atom is -0.455 e. The third-order valence-corrected chi connectivity index (χ3v) is 9.82. The van der Waals surface area contributed by atoms with Crippen LogP contribution in [0.5, 0.6) is 0 Å². The summed E-state index contributed by atoms with van der Waals surface area (Å²) < 4.78 is 7.47. The van der Waals surface area contributed by atoms with Crippen molar-refractivity contribution in [2.75, 3.05) is 4.90 Å². The van der Waals surface area contributed by atoms with Crippen LogP contribution < -0.4 is 4.90 Å². The van der Waals surface area contributed by atoms with Gasteiger partial charge in [-0.15, -0.1) is 11.3 Å². The van der Waals surface area contributed by atoms with Crippen LogP contribution in [-0.4, -0.2) is 9.97 Å². The van der Waals surface area contributed by atoms with E-state index >= 15 is 0 Å². The van der Waals surface area contributed by atoms with Crippen LogP contribution in [0.1, 0.15) is 16.9 Å². The van der Waals surface area contributed by atoms with Gasteiger partial charge < -0.3 is 4.42 Å². The van der Waals surface area contributed by atoms with Gasteiger partial charge in [-0.3, -0.25) is 4.90 Å². The highest BCUT2D eigenvalue weighted by Crippen LogP contribution is 2.40. The fourth-order valence-electron chi connectivity index (χ4n) is 6.41. The number of thiophene rings is 1. The molecule has 0 fully saturated rings. The number of hydrogen-bond donors (Lipinski definition) is 0. The highest BCUT2D eigenvalue weighted by molar-refractivity contribution is 7.19. The van der Waals surface area contributed by atoms with Gasteiger partial charge in [0.15, 0.2) is 0 Å². The van der Waals surface area contributed by atoms with E-state index in [1.165, 1.54) is 21.6 Å². The summed E-state index contributed by atoms with van der Waals surface area (Å²) in [6, 6.07) is 42.3. The van der Waals surface area contributed by atoms with Gasteiger partial charge in [0.1, 0.15) is 11.2 Å². The molecule has 214 valence electrons. The van der Waals surface area contributed by atoms with Crippen molar-refractivity contribution in [1.29, 1.82) is 0 Å². The lowest BCUT2D eigenvalue weighted by Crippen LogP contribution is -2.13. The van der Waals surface area contributed by atoms with E-state index in [1.54, 1.807) is 0 Å².